The van der Waals surface area contributed by atoms with Crippen LogP contribution >= 0.6 is 7.60 Å². The molecule has 0 bridgehead atoms. The predicted octanol–water partition coefficient (Wildman–Crippen LogP) is 6.15. The zero-order valence-corrected chi connectivity index (χ0v) is 16.5. The number of hydrogen-bond acceptors (Lipinski definition) is 4. The quantitative estimate of drug-likeness (QED) is 0.573. The molecule has 136 valence electrons. The summed E-state index contributed by atoms with van der Waals surface area (Å²) in [5.41, 5.74) is 2.89. The molecule has 0 fully saturated rings. The third-order valence-electron chi connectivity index (χ3n) is 3.50. The molecule has 1 atom stereocenters. The smallest absolute Gasteiger partial charge is 0.357 e. The molecule has 5 heteroatoms. The third kappa shape index (κ3) is 5.71. The maximum absolute atomic E-state index is 13.7. The molecule has 25 heavy (non-hydrogen) atoms. The van der Waals surface area contributed by atoms with Gasteiger partial charge in [-0.2, -0.15) is 0 Å². The van der Waals surface area contributed by atoms with Gasteiger partial charge in [-0.1, -0.05) is 48.0 Å². The van der Waals surface area contributed by atoms with Gasteiger partial charge in [0.1, 0.15) is 0 Å². The van der Waals surface area contributed by atoms with Crippen molar-refractivity contribution in [2.24, 2.45) is 0 Å². The summed E-state index contributed by atoms with van der Waals surface area (Å²) in [5.74, 6) is -0.583. The normalized spacial score (nSPS) is 13.2. The molecule has 4 nitrogen and oxygen atoms in total. The van der Waals surface area contributed by atoms with Gasteiger partial charge in [0, 0.05) is 5.69 Å². The minimum Gasteiger partial charge on any atom is -0.368 e. The topological polar surface area (TPSA) is 47.6 Å². The number of para-hydroxylation sites is 1. The number of nitrogens with one attached hydrogen (secondary N) is 1. The lowest BCUT2D eigenvalue weighted by Crippen LogP contribution is -2.19. The van der Waals surface area contributed by atoms with E-state index in [9.17, 15) is 4.57 Å². The molecule has 2 aromatic carbocycles. The molecular weight excluding hydrogens is 333 g/mol. The third-order valence-corrected chi connectivity index (χ3v) is 5.99. The van der Waals surface area contributed by atoms with Crippen LogP contribution in [0, 0.1) is 6.92 Å². The molecule has 0 aromatic heterocycles. The lowest BCUT2D eigenvalue weighted by molar-refractivity contribution is 0.138. The second-order valence-electron chi connectivity index (χ2n) is 6.67. The van der Waals surface area contributed by atoms with Crippen molar-refractivity contribution in [1.29, 1.82) is 0 Å². The Bertz CT molecular complexity index is 685. The molecule has 2 rings (SSSR count). The lowest BCUT2D eigenvalue weighted by atomic mass is 10.1. The zero-order chi connectivity index (χ0) is 18.4. The minimum atomic E-state index is -3.46. The maximum atomic E-state index is 13.7. The number of rotatable bonds is 8. The average molecular weight is 361 g/mol. The van der Waals surface area contributed by atoms with Gasteiger partial charge in [0.25, 0.3) is 0 Å². The fraction of sp³-hybridized carbons (Fsp3) is 0.400. The summed E-state index contributed by atoms with van der Waals surface area (Å²) in [6, 6.07) is 17.6. The second kappa shape index (κ2) is 8.66. The van der Waals surface area contributed by atoms with Crippen LogP contribution in [0.1, 0.15) is 44.6 Å². The van der Waals surface area contributed by atoms with Gasteiger partial charge in [0.05, 0.1) is 12.2 Å². The van der Waals surface area contributed by atoms with Crippen LogP contribution in [0.5, 0.6) is 0 Å². The molecule has 0 spiro atoms. The van der Waals surface area contributed by atoms with Crippen molar-refractivity contribution >= 4 is 13.3 Å². The van der Waals surface area contributed by atoms with Crippen LogP contribution in [0.15, 0.2) is 54.6 Å². The van der Waals surface area contributed by atoms with Gasteiger partial charge < -0.3 is 14.4 Å². The molecule has 0 amide bonds. The summed E-state index contributed by atoms with van der Waals surface area (Å²) in [6.45, 7) is 9.49. The maximum Gasteiger partial charge on any atom is 0.357 e. The SMILES string of the molecule is Cc1ccc([C@@H](Nc2ccccc2)P(=O)(OC(C)C)OC(C)C)cc1. The summed E-state index contributed by atoms with van der Waals surface area (Å²) in [4.78, 5) is 0. The van der Waals surface area contributed by atoms with Gasteiger partial charge in [0.15, 0.2) is 5.78 Å². The fourth-order valence-electron chi connectivity index (χ4n) is 2.52. The van der Waals surface area contributed by atoms with Crippen LogP contribution in [-0.2, 0) is 13.6 Å². The van der Waals surface area contributed by atoms with Crippen molar-refractivity contribution in [3.05, 3.63) is 65.7 Å². The molecular formula is C20H28NO3P. The fourth-order valence-corrected chi connectivity index (χ4v) is 4.83. The standard InChI is InChI=1S/C20H28NO3P/c1-15(2)23-25(22,24-16(3)4)20(18-13-11-17(5)12-14-18)21-19-9-7-6-8-10-19/h6-16,20-21H,1-5H3/t20-/m0/s1. The van der Waals surface area contributed by atoms with E-state index < -0.39 is 13.4 Å². The Balaban J connectivity index is 2.46. The Morgan fingerprint density at radius 3 is 1.84 bits per heavy atom. The number of benzene rings is 2. The number of anilines is 1. The Morgan fingerprint density at radius 1 is 0.840 bits per heavy atom. The molecule has 0 heterocycles. The van der Waals surface area contributed by atoms with E-state index >= 15 is 0 Å². The van der Waals surface area contributed by atoms with Crippen LogP contribution in [-0.4, -0.2) is 12.2 Å². The summed E-state index contributed by atoms with van der Waals surface area (Å²) in [6.07, 6.45) is -0.426. The summed E-state index contributed by atoms with van der Waals surface area (Å²) in [5, 5.41) is 3.35. The number of aryl methyl sites for hydroxylation is 1. The highest BCUT2D eigenvalue weighted by Gasteiger charge is 2.39. The Hall–Kier alpha value is -1.61. The predicted molar refractivity (Wildman–Crippen MR) is 104 cm³/mol. The van der Waals surface area contributed by atoms with E-state index in [-0.39, 0.29) is 12.2 Å². The van der Waals surface area contributed by atoms with E-state index in [1.807, 2.05) is 89.2 Å². The molecule has 0 saturated carbocycles. The van der Waals surface area contributed by atoms with Crippen LogP contribution < -0.4 is 5.32 Å². The minimum absolute atomic E-state index is 0.213. The van der Waals surface area contributed by atoms with Gasteiger partial charge in [-0.25, -0.2) is 0 Å². The molecule has 0 aliphatic heterocycles. The van der Waals surface area contributed by atoms with Crippen molar-refractivity contribution in [3.8, 4) is 0 Å². The lowest BCUT2D eigenvalue weighted by Gasteiger charge is -2.31. The van der Waals surface area contributed by atoms with Gasteiger partial charge in [-0.3, -0.25) is 4.57 Å². The van der Waals surface area contributed by atoms with E-state index in [2.05, 4.69) is 5.32 Å². The van der Waals surface area contributed by atoms with Crippen LogP contribution in [0.3, 0.4) is 0 Å². The molecule has 0 aliphatic rings. The van der Waals surface area contributed by atoms with Gasteiger partial charge in [-0.15, -0.1) is 0 Å². The van der Waals surface area contributed by atoms with Crippen molar-refractivity contribution in [3.63, 3.8) is 0 Å². The van der Waals surface area contributed by atoms with Crippen LogP contribution in [0.2, 0.25) is 0 Å². The first-order chi connectivity index (χ1) is 11.8. The molecule has 0 aliphatic carbocycles. The van der Waals surface area contributed by atoms with Gasteiger partial charge >= 0.3 is 7.60 Å². The summed E-state index contributed by atoms with van der Waals surface area (Å²) < 4.78 is 25.4. The van der Waals surface area contributed by atoms with E-state index in [1.54, 1.807) is 0 Å². The highest BCUT2D eigenvalue weighted by molar-refractivity contribution is 7.54. The summed E-state index contributed by atoms with van der Waals surface area (Å²) in [7, 11) is -3.46. The zero-order valence-electron chi connectivity index (χ0n) is 15.6. The summed E-state index contributed by atoms with van der Waals surface area (Å²) >= 11 is 0. The molecule has 0 radical (unpaired) electrons. The largest absolute Gasteiger partial charge is 0.368 e. The second-order valence-corrected chi connectivity index (χ2v) is 8.69. The first-order valence-electron chi connectivity index (χ1n) is 8.65. The van der Waals surface area contributed by atoms with Gasteiger partial charge in [-0.05, 0) is 52.3 Å². The molecule has 0 saturated heterocycles. The van der Waals surface area contributed by atoms with Crippen molar-refractivity contribution < 1.29 is 13.6 Å². The van der Waals surface area contributed by atoms with Crippen molar-refractivity contribution in [2.75, 3.05) is 5.32 Å². The molecule has 0 unspecified atom stereocenters. The van der Waals surface area contributed by atoms with E-state index in [0.717, 1.165) is 16.8 Å². The van der Waals surface area contributed by atoms with Crippen LogP contribution in [0.25, 0.3) is 0 Å². The highest BCUT2D eigenvalue weighted by atomic mass is 31.2. The Labute approximate surface area is 151 Å². The average Bonchev–Trinajstić information content (AvgIpc) is 2.53. The molecule has 1 N–H and O–H groups in total. The van der Waals surface area contributed by atoms with Crippen LogP contribution in [0.4, 0.5) is 5.69 Å². The Kier molecular flexibility index (Phi) is 6.83. The first kappa shape index (κ1) is 19.7. The van der Waals surface area contributed by atoms with Crippen molar-refractivity contribution in [2.45, 2.75) is 52.6 Å². The first-order valence-corrected chi connectivity index (χ1v) is 10.3. The van der Waals surface area contributed by atoms with Gasteiger partial charge in [0.2, 0.25) is 0 Å². The van der Waals surface area contributed by atoms with E-state index in [4.69, 9.17) is 9.05 Å². The Morgan fingerprint density at radius 2 is 1.36 bits per heavy atom. The van der Waals surface area contributed by atoms with E-state index in [1.165, 1.54) is 0 Å². The monoisotopic (exact) mass is 361 g/mol. The number of hydrogen-bond donors (Lipinski definition) is 1. The van der Waals surface area contributed by atoms with E-state index in [0.29, 0.717) is 0 Å². The highest BCUT2D eigenvalue weighted by Crippen LogP contribution is 2.62. The molecule has 2 aromatic rings. The van der Waals surface area contributed by atoms with Crippen molar-refractivity contribution in [1.82, 2.24) is 0 Å².